The van der Waals surface area contributed by atoms with Gasteiger partial charge in [0.2, 0.25) is 0 Å². The third-order valence-electron chi connectivity index (χ3n) is 4.29. The van der Waals surface area contributed by atoms with Crippen molar-refractivity contribution < 1.29 is 9.59 Å². The lowest BCUT2D eigenvalue weighted by molar-refractivity contribution is 0.101. The molecule has 30 heavy (non-hydrogen) atoms. The number of rotatable bonds is 4. The molecule has 5 aromatic rings. The van der Waals surface area contributed by atoms with Crippen molar-refractivity contribution >= 4 is 65.3 Å². The Balaban J connectivity index is 1.43. The van der Waals surface area contributed by atoms with E-state index in [0.717, 1.165) is 9.40 Å². The average Bonchev–Trinajstić information content (AvgIpc) is 3.38. The summed E-state index contributed by atoms with van der Waals surface area (Å²) < 4.78 is 1.59. The number of hydrogen-bond acceptors (Lipinski definition) is 7. The summed E-state index contributed by atoms with van der Waals surface area (Å²) in [5.41, 5.74) is 2.31. The second-order valence-corrected chi connectivity index (χ2v) is 8.33. The number of fused-ring (bicyclic) bond motifs is 3. The average molecular weight is 432 g/mol. The highest BCUT2D eigenvalue weighted by molar-refractivity contribution is 7.25. The van der Waals surface area contributed by atoms with Crippen molar-refractivity contribution in [2.45, 2.75) is 0 Å². The summed E-state index contributed by atoms with van der Waals surface area (Å²) in [6, 6.07) is 17.9. The molecule has 0 radical (unpaired) electrons. The van der Waals surface area contributed by atoms with Gasteiger partial charge in [-0.3, -0.25) is 20.2 Å². The minimum Gasteiger partial charge on any atom is -0.298 e. The maximum absolute atomic E-state index is 12.4. The van der Waals surface area contributed by atoms with Crippen LogP contribution in [0.1, 0.15) is 20.7 Å². The first kappa shape index (κ1) is 18.3. The van der Waals surface area contributed by atoms with Gasteiger partial charge in [0.15, 0.2) is 15.9 Å². The van der Waals surface area contributed by atoms with Crippen LogP contribution < -0.4 is 10.6 Å². The highest BCUT2D eigenvalue weighted by Gasteiger charge is 2.16. The second kappa shape index (κ2) is 7.62. The summed E-state index contributed by atoms with van der Waals surface area (Å²) in [6.07, 6.45) is 1.68. The van der Waals surface area contributed by atoms with Crippen LogP contribution in [0.2, 0.25) is 0 Å². The molecular formula is C21H13N5O2S2. The van der Waals surface area contributed by atoms with E-state index < -0.39 is 0 Å². The summed E-state index contributed by atoms with van der Waals surface area (Å²) in [4.78, 5) is 38.1. The van der Waals surface area contributed by atoms with Gasteiger partial charge in [-0.15, -0.1) is 0 Å². The lowest BCUT2D eigenvalue weighted by Crippen LogP contribution is -2.11. The zero-order valence-corrected chi connectivity index (χ0v) is 17.0. The molecular weight excluding hydrogens is 418 g/mol. The van der Waals surface area contributed by atoms with Crippen molar-refractivity contribution in [1.82, 2.24) is 15.0 Å². The Morgan fingerprint density at radius 2 is 1.30 bits per heavy atom. The minimum absolute atomic E-state index is 0.223. The lowest BCUT2D eigenvalue weighted by atomic mass is 10.2. The topological polar surface area (TPSA) is 96.9 Å². The van der Waals surface area contributed by atoms with E-state index in [-0.39, 0.29) is 11.8 Å². The highest BCUT2D eigenvalue weighted by atomic mass is 32.1. The molecule has 0 fully saturated rings. The molecule has 7 nitrogen and oxygen atoms in total. The van der Waals surface area contributed by atoms with Gasteiger partial charge in [-0.25, -0.2) is 9.97 Å². The third kappa shape index (κ3) is 3.51. The van der Waals surface area contributed by atoms with Crippen LogP contribution in [0.3, 0.4) is 0 Å². The molecule has 0 aliphatic heterocycles. The smallest absolute Gasteiger partial charge is 0.257 e. The monoisotopic (exact) mass is 431 g/mol. The fourth-order valence-electron chi connectivity index (χ4n) is 2.88. The van der Waals surface area contributed by atoms with E-state index in [1.807, 2.05) is 24.3 Å². The first-order chi connectivity index (χ1) is 14.7. The number of benzene rings is 2. The van der Waals surface area contributed by atoms with Crippen LogP contribution in [0.5, 0.6) is 0 Å². The van der Waals surface area contributed by atoms with Crippen LogP contribution in [-0.2, 0) is 0 Å². The Morgan fingerprint density at radius 3 is 1.90 bits per heavy atom. The van der Waals surface area contributed by atoms with E-state index in [1.54, 1.807) is 42.6 Å². The molecule has 0 saturated carbocycles. The molecule has 0 atom stereocenters. The van der Waals surface area contributed by atoms with Crippen molar-refractivity contribution in [1.29, 1.82) is 0 Å². The van der Waals surface area contributed by atoms with E-state index in [0.29, 0.717) is 32.6 Å². The molecule has 0 aliphatic rings. The van der Waals surface area contributed by atoms with Crippen LogP contribution >= 0.6 is 22.7 Å². The van der Waals surface area contributed by atoms with Crippen LogP contribution in [0.25, 0.3) is 20.6 Å². The lowest BCUT2D eigenvalue weighted by Gasteiger charge is -2.00. The van der Waals surface area contributed by atoms with Crippen LogP contribution in [-0.4, -0.2) is 26.8 Å². The van der Waals surface area contributed by atoms with E-state index in [2.05, 4.69) is 25.6 Å². The number of thiazole rings is 2. The molecule has 0 spiro atoms. The number of anilines is 2. The Bertz CT molecular complexity index is 1270. The zero-order chi connectivity index (χ0) is 20.5. The first-order valence-corrected chi connectivity index (χ1v) is 10.6. The van der Waals surface area contributed by atoms with Gasteiger partial charge in [-0.2, -0.15) is 4.98 Å². The molecule has 0 saturated heterocycles. The number of aromatic nitrogens is 3. The predicted octanol–water partition coefficient (Wildman–Crippen LogP) is 4.81. The SMILES string of the molecule is O=C(Nc1nc2c(cnc3nc(NC(=O)c4ccccc4)sc32)s1)c1ccccc1. The molecule has 146 valence electrons. The number of amides is 2. The van der Waals surface area contributed by atoms with Crippen molar-refractivity contribution in [3.63, 3.8) is 0 Å². The van der Waals surface area contributed by atoms with Gasteiger partial charge < -0.3 is 0 Å². The summed E-state index contributed by atoms with van der Waals surface area (Å²) >= 11 is 2.65. The van der Waals surface area contributed by atoms with Gasteiger partial charge in [0.05, 0.1) is 4.70 Å². The molecule has 5 rings (SSSR count). The maximum Gasteiger partial charge on any atom is 0.257 e. The van der Waals surface area contributed by atoms with E-state index in [9.17, 15) is 9.59 Å². The highest BCUT2D eigenvalue weighted by Crippen LogP contribution is 2.35. The maximum atomic E-state index is 12.4. The van der Waals surface area contributed by atoms with E-state index in [1.165, 1.54) is 22.7 Å². The Kier molecular flexibility index (Phi) is 4.66. The summed E-state index contributed by atoms with van der Waals surface area (Å²) in [5.74, 6) is -0.459. The van der Waals surface area contributed by atoms with Gasteiger partial charge in [-0.05, 0) is 24.3 Å². The molecule has 2 amide bonds. The fraction of sp³-hybridized carbons (Fsp3) is 0. The largest absolute Gasteiger partial charge is 0.298 e. The van der Waals surface area contributed by atoms with Gasteiger partial charge in [0, 0.05) is 17.3 Å². The van der Waals surface area contributed by atoms with Crippen LogP contribution in [0.4, 0.5) is 10.3 Å². The van der Waals surface area contributed by atoms with Crippen molar-refractivity contribution in [3.05, 3.63) is 78.0 Å². The predicted molar refractivity (Wildman–Crippen MR) is 119 cm³/mol. The van der Waals surface area contributed by atoms with Gasteiger partial charge in [0.1, 0.15) is 10.2 Å². The third-order valence-corrected chi connectivity index (χ3v) is 6.17. The normalized spacial score (nSPS) is 10.9. The molecule has 2 aromatic carbocycles. The molecule has 2 N–H and O–H groups in total. The number of nitrogens with zero attached hydrogens (tertiary/aromatic N) is 3. The van der Waals surface area contributed by atoms with Gasteiger partial charge in [0.25, 0.3) is 11.8 Å². The fourth-order valence-corrected chi connectivity index (χ4v) is 4.69. The Morgan fingerprint density at radius 1 is 0.733 bits per heavy atom. The molecule has 3 aromatic heterocycles. The van der Waals surface area contributed by atoms with Gasteiger partial charge >= 0.3 is 0 Å². The molecule has 0 aliphatic carbocycles. The van der Waals surface area contributed by atoms with Gasteiger partial charge in [-0.1, -0.05) is 59.1 Å². The Labute approximate surface area is 178 Å². The number of carbonyl (C=O) groups is 2. The number of pyridine rings is 1. The van der Waals surface area contributed by atoms with E-state index in [4.69, 9.17) is 0 Å². The number of carbonyl (C=O) groups excluding carboxylic acids is 2. The number of nitrogens with one attached hydrogen (secondary N) is 2. The standard InChI is InChI=1S/C21H13N5O2S2/c27-18(12-7-3-1-4-8-12)25-20-23-15-14(29-20)11-22-17-16(15)30-21(24-17)26-19(28)13-9-5-2-6-10-13/h1-11H,(H,23,25,27)(H,22,24,26,28). The zero-order valence-electron chi connectivity index (χ0n) is 15.3. The van der Waals surface area contributed by atoms with Crippen LogP contribution in [0.15, 0.2) is 66.9 Å². The van der Waals surface area contributed by atoms with Crippen molar-refractivity contribution in [2.75, 3.05) is 10.6 Å². The quantitative estimate of drug-likeness (QED) is 0.426. The van der Waals surface area contributed by atoms with Crippen molar-refractivity contribution in [2.24, 2.45) is 0 Å². The summed E-state index contributed by atoms with van der Waals surface area (Å²) in [6.45, 7) is 0. The molecule has 3 heterocycles. The van der Waals surface area contributed by atoms with Crippen molar-refractivity contribution in [3.8, 4) is 0 Å². The molecule has 0 bridgehead atoms. The minimum atomic E-state index is -0.236. The Hall–Kier alpha value is -3.69. The summed E-state index contributed by atoms with van der Waals surface area (Å²) in [7, 11) is 0. The molecule has 0 unspecified atom stereocenters. The molecule has 9 heteroatoms. The van der Waals surface area contributed by atoms with Crippen LogP contribution in [0, 0.1) is 0 Å². The van der Waals surface area contributed by atoms with E-state index >= 15 is 0 Å². The second-order valence-electron chi connectivity index (χ2n) is 6.30. The first-order valence-electron chi connectivity index (χ1n) is 8.96. The number of hydrogen-bond donors (Lipinski definition) is 2. The summed E-state index contributed by atoms with van der Waals surface area (Å²) in [5, 5.41) is 6.56.